The molecule has 16 heavy (non-hydrogen) atoms. The fourth-order valence-corrected chi connectivity index (χ4v) is 1.31. The van der Waals surface area contributed by atoms with E-state index in [1.165, 1.54) is 5.56 Å². The van der Waals surface area contributed by atoms with Crippen LogP contribution in [0.2, 0.25) is 0 Å². The summed E-state index contributed by atoms with van der Waals surface area (Å²) in [5, 5.41) is 0. The maximum absolute atomic E-state index is 5.57. The third-order valence-electron chi connectivity index (χ3n) is 2.02. The van der Waals surface area contributed by atoms with Crippen LogP contribution in [0.1, 0.15) is 32.8 Å². The van der Waals surface area contributed by atoms with Gasteiger partial charge in [-0.05, 0) is 38.0 Å². The normalized spacial score (nSPS) is 11.8. The minimum atomic E-state index is 0.230. The van der Waals surface area contributed by atoms with Crippen molar-refractivity contribution in [2.24, 2.45) is 0 Å². The lowest BCUT2D eigenvalue weighted by molar-refractivity contribution is 0.242. The molecule has 1 nitrogen and oxygen atoms in total. The van der Waals surface area contributed by atoms with Gasteiger partial charge in [0.2, 0.25) is 0 Å². The molecular formula is C15H20O. The van der Waals surface area contributed by atoms with Crippen molar-refractivity contribution in [2.45, 2.75) is 33.3 Å². The van der Waals surface area contributed by atoms with E-state index in [1.807, 2.05) is 26.0 Å². The summed E-state index contributed by atoms with van der Waals surface area (Å²) in [6.07, 6.45) is 9.65. The summed E-state index contributed by atoms with van der Waals surface area (Å²) in [7, 11) is 0. The molecule has 0 aliphatic heterocycles. The number of allylic oxidation sites excluding steroid dienone is 3. The van der Waals surface area contributed by atoms with E-state index < -0.39 is 0 Å². The Balaban J connectivity index is 2.57. The molecular weight excluding hydrogens is 196 g/mol. The molecule has 86 valence electrons. The van der Waals surface area contributed by atoms with Gasteiger partial charge in [-0.2, -0.15) is 0 Å². The van der Waals surface area contributed by atoms with Crippen LogP contribution >= 0.6 is 0 Å². The highest BCUT2D eigenvalue weighted by molar-refractivity contribution is 5.52. The van der Waals surface area contributed by atoms with E-state index in [2.05, 4.69) is 43.4 Å². The zero-order valence-electron chi connectivity index (χ0n) is 10.3. The van der Waals surface area contributed by atoms with Crippen molar-refractivity contribution >= 4 is 6.08 Å². The maximum atomic E-state index is 5.57. The summed E-state index contributed by atoms with van der Waals surface area (Å²) >= 11 is 0. The number of hydrogen-bond donors (Lipinski definition) is 0. The van der Waals surface area contributed by atoms with Gasteiger partial charge in [0.15, 0.2) is 0 Å². The van der Waals surface area contributed by atoms with Crippen molar-refractivity contribution in [1.82, 2.24) is 0 Å². The maximum Gasteiger partial charge on any atom is 0.119 e. The summed E-state index contributed by atoms with van der Waals surface area (Å²) in [5.74, 6) is 0.927. The van der Waals surface area contributed by atoms with Gasteiger partial charge in [-0.15, -0.1) is 0 Å². The number of rotatable bonds is 5. The highest BCUT2D eigenvalue weighted by Crippen LogP contribution is 2.14. The molecule has 0 saturated heterocycles. The van der Waals surface area contributed by atoms with Crippen LogP contribution in [0.3, 0.4) is 0 Å². The molecule has 0 aromatic heterocycles. The Hall–Kier alpha value is -1.50. The minimum absolute atomic E-state index is 0.230. The Morgan fingerprint density at radius 2 is 1.81 bits per heavy atom. The van der Waals surface area contributed by atoms with Gasteiger partial charge in [0, 0.05) is 0 Å². The van der Waals surface area contributed by atoms with Crippen molar-refractivity contribution in [3.8, 4) is 5.75 Å². The molecule has 0 fully saturated rings. The average Bonchev–Trinajstić information content (AvgIpc) is 2.26. The summed E-state index contributed by atoms with van der Waals surface area (Å²) in [6.45, 7) is 6.19. The fourth-order valence-electron chi connectivity index (χ4n) is 1.31. The molecule has 1 aromatic carbocycles. The average molecular weight is 216 g/mol. The zero-order valence-corrected chi connectivity index (χ0v) is 10.3. The molecule has 0 bridgehead atoms. The van der Waals surface area contributed by atoms with Gasteiger partial charge in [0.1, 0.15) is 5.75 Å². The Morgan fingerprint density at radius 3 is 2.38 bits per heavy atom. The van der Waals surface area contributed by atoms with E-state index in [-0.39, 0.29) is 6.10 Å². The van der Waals surface area contributed by atoms with Gasteiger partial charge in [-0.25, -0.2) is 0 Å². The monoisotopic (exact) mass is 216 g/mol. The molecule has 0 unspecified atom stereocenters. The Labute approximate surface area is 98.5 Å². The Bertz CT molecular complexity index is 344. The first-order valence-corrected chi connectivity index (χ1v) is 5.82. The Morgan fingerprint density at radius 1 is 1.12 bits per heavy atom. The van der Waals surface area contributed by atoms with Crippen LogP contribution in [0.5, 0.6) is 5.75 Å². The molecule has 0 amide bonds. The first-order valence-electron chi connectivity index (χ1n) is 5.82. The molecule has 0 aliphatic carbocycles. The summed E-state index contributed by atoms with van der Waals surface area (Å²) in [5.41, 5.74) is 1.19. The van der Waals surface area contributed by atoms with Gasteiger partial charge in [0.25, 0.3) is 0 Å². The van der Waals surface area contributed by atoms with Gasteiger partial charge in [-0.1, -0.05) is 43.4 Å². The largest absolute Gasteiger partial charge is 0.491 e. The van der Waals surface area contributed by atoms with Crippen LogP contribution in [-0.2, 0) is 0 Å². The molecule has 1 rings (SSSR count). The van der Waals surface area contributed by atoms with Crippen LogP contribution in [0, 0.1) is 0 Å². The van der Waals surface area contributed by atoms with Crippen LogP contribution < -0.4 is 4.74 Å². The van der Waals surface area contributed by atoms with Crippen molar-refractivity contribution in [3.63, 3.8) is 0 Å². The van der Waals surface area contributed by atoms with Crippen LogP contribution in [0.25, 0.3) is 6.08 Å². The fraction of sp³-hybridized carbons (Fsp3) is 0.333. The van der Waals surface area contributed by atoms with Crippen LogP contribution in [0.15, 0.2) is 42.5 Å². The molecule has 0 N–H and O–H groups in total. The minimum Gasteiger partial charge on any atom is -0.491 e. The number of ether oxygens (including phenoxy) is 1. The van der Waals surface area contributed by atoms with Crippen LogP contribution in [-0.4, -0.2) is 6.10 Å². The lowest BCUT2D eigenvalue weighted by atomic mass is 10.2. The van der Waals surface area contributed by atoms with Crippen molar-refractivity contribution < 1.29 is 4.74 Å². The summed E-state index contributed by atoms with van der Waals surface area (Å²) in [6, 6.07) is 8.13. The number of hydrogen-bond acceptors (Lipinski definition) is 1. The smallest absolute Gasteiger partial charge is 0.119 e. The second-order valence-electron chi connectivity index (χ2n) is 3.93. The molecule has 1 heteroatoms. The highest BCUT2D eigenvalue weighted by atomic mass is 16.5. The molecule has 0 aliphatic rings. The molecule has 1 aromatic rings. The van der Waals surface area contributed by atoms with Crippen molar-refractivity contribution in [3.05, 3.63) is 48.1 Å². The quantitative estimate of drug-likeness (QED) is 0.660. The molecule has 0 radical (unpaired) electrons. The van der Waals surface area contributed by atoms with Crippen LogP contribution in [0.4, 0.5) is 0 Å². The lowest BCUT2D eigenvalue weighted by Gasteiger charge is -2.09. The molecule has 0 spiro atoms. The Kier molecular flexibility index (Phi) is 5.41. The molecule has 0 atom stereocenters. The molecule has 0 heterocycles. The highest BCUT2D eigenvalue weighted by Gasteiger charge is 1.95. The van der Waals surface area contributed by atoms with E-state index in [4.69, 9.17) is 4.74 Å². The second kappa shape index (κ2) is 6.89. The van der Waals surface area contributed by atoms with E-state index in [0.29, 0.717) is 0 Å². The SMILES string of the molecule is CC/C=C/C=C/c1ccc(OC(C)C)cc1. The van der Waals surface area contributed by atoms with Gasteiger partial charge < -0.3 is 4.74 Å². The third-order valence-corrected chi connectivity index (χ3v) is 2.02. The zero-order chi connectivity index (χ0) is 11.8. The first-order chi connectivity index (χ1) is 7.72. The lowest BCUT2D eigenvalue weighted by Crippen LogP contribution is -2.05. The predicted molar refractivity (Wildman–Crippen MR) is 70.7 cm³/mol. The first kappa shape index (κ1) is 12.6. The van der Waals surface area contributed by atoms with Crippen molar-refractivity contribution in [2.75, 3.05) is 0 Å². The summed E-state index contributed by atoms with van der Waals surface area (Å²) < 4.78 is 5.57. The van der Waals surface area contributed by atoms with E-state index in [1.54, 1.807) is 0 Å². The standard InChI is InChI=1S/C15H20O/c1-4-5-6-7-8-14-9-11-15(12-10-14)16-13(2)3/h5-13H,4H2,1-3H3/b6-5+,8-7+. The summed E-state index contributed by atoms with van der Waals surface area (Å²) in [4.78, 5) is 0. The van der Waals surface area contributed by atoms with Gasteiger partial charge >= 0.3 is 0 Å². The van der Waals surface area contributed by atoms with E-state index in [9.17, 15) is 0 Å². The number of benzene rings is 1. The van der Waals surface area contributed by atoms with E-state index >= 15 is 0 Å². The molecule has 0 saturated carbocycles. The van der Waals surface area contributed by atoms with E-state index in [0.717, 1.165) is 12.2 Å². The topological polar surface area (TPSA) is 9.23 Å². The van der Waals surface area contributed by atoms with Gasteiger partial charge in [0.05, 0.1) is 6.10 Å². The van der Waals surface area contributed by atoms with Crippen molar-refractivity contribution in [1.29, 1.82) is 0 Å². The second-order valence-corrected chi connectivity index (χ2v) is 3.93. The van der Waals surface area contributed by atoms with Gasteiger partial charge in [-0.3, -0.25) is 0 Å². The third kappa shape index (κ3) is 4.83. The predicted octanol–water partition coefficient (Wildman–Crippen LogP) is 4.45.